The quantitative estimate of drug-likeness (QED) is 0.645. The Labute approximate surface area is 114 Å². The maximum atomic E-state index is 11.4. The second-order valence-electron chi connectivity index (χ2n) is 3.90. The summed E-state index contributed by atoms with van der Waals surface area (Å²) in [5.74, 6) is 0.209. The number of nitrogens with zero attached hydrogens (tertiary/aromatic N) is 4. The molecule has 0 aliphatic carbocycles. The standard InChI is InChI=1S/C10H11N5O4S/c1-2-14-9(12-13-10(14)20(11,18)19)7-4-3-5-8(6-7)15(16)17/h3-6H,2H2,1H3,(H2,11,18,19). The molecule has 0 aliphatic rings. The molecule has 0 unspecified atom stereocenters. The van der Waals surface area contributed by atoms with Crippen molar-refractivity contribution in [2.24, 2.45) is 5.14 Å². The molecular weight excluding hydrogens is 286 g/mol. The number of sulfonamides is 1. The zero-order valence-electron chi connectivity index (χ0n) is 10.4. The number of rotatable bonds is 4. The Kier molecular flexibility index (Phi) is 3.51. The van der Waals surface area contributed by atoms with Crippen LogP contribution in [0.4, 0.5) is 5.69 Å². The van der Waals surface area contributed by atoms with Crippen molar-refractivity contribution in [2.45, 2.75) is 18.6 Å². The molecule has 0 spiro atoms. The highest BCUT2D eigenvalue weighted by molar-refractivity contribution is 7.89. The van der Waals surface area contributed by atoms with Gasteiger partial charge in [0.1, 0.15) is 0 Å². The summed E-state index contributed by atoms with van der Waals surface area (Å²) in [4.78, 5) is 10.2. The van der Waals surface area contributed by atoms with Gasteiger partial charge in [0, 0.05) is 24.2 Å². The minimum absolute atomic E-state index is 0.120. The summed E-state index contributed by atoms with van der Waals surface area (Å²) in [6.45, 7) is 1.95. The van der Waals surface area contributed by atoms with Crippen molar-refractivity contribution in [1.82, 2.24) is 14.8 Å². The molecule has 10 heteroatoms. The average molecular weight is 297 g/mol. The second kappa shape index (κ2) is 4.98. The van der Waals surface area contributed by atoms with Crippen LogP contribution in [0.15, 0.2) is 29.4 Å². The van der Waals surface area contributed by atoms with Crippen LogP contribution in [0.1, 0.15) is 6.92 Å². The Balaban J connectivity index is 2.62. The van der Waals surface area contributed by atoms with E-state index in [0.29, 0.717) is 5.56 Å². The first-order valence-corrected chi connectivity index (χ1v) is 7.10. The lowest BCUT2D eigenvalue weighted by molar-refractivity contribution is -0.384. The first-order valence-electron chi connectivity index (χ1n) is 5.55. The monoisotopic (exact) mass is 297 g/mol. The number of non-ortho nitro benzene ring substituents is 1. The fourth-order valence-corrected chi connectivity index (χ4v) is 2.43. The highest BCUT2D eigenvalue weighted by Crippen LogP contribution is 2.23. The molecule has 20 heavy (non-hydrogen) atoms. The molecule has 1 aromatic carbocycles. The topological polar surface area (TPSA) is 134 Å². The first-order chi connectivity index (χ1) is 9.34. The number of nitro benzene ring substituents is 1. The number of nitro groups is 1. The van der Waals surface area contributed by atoms with Gasteiger partial charge >= 0.3 is 0 Å². The minimum Gasteiger partial charge on any atom is -0.297 e. The maximum absolute atomic E-state index is 11.4. The average Bonchev–Trinajstić information content (AvgIpc) is 2.82. The molecule has 1 heterocycles. The first kappa shape index (κ1) is 14.1. The zero-order valence-corrected chi connectivity index (χ0v) is 11.2. The van der Waals surface area contributed by atoms with E-state index < -0.39 is 14.9 Å². The van der Waals surface area contributed by atoms with Crippen molar-refractivity contribution < 1.29 is 13.3 Å². The van der Waals surface area contributed by atoms with Gasteiger partial charge in [-0.25, -0.2) is 13.6 Å². The van der Waals surface area contributed by atoms with Gasteiger partial charge in [-0.1, -0.05) is 12.1 Å². The summed E-state index contributed by atoms with van der Waals surface area (Å²) in [7, 11) is -4.00. The normalized spacial score (nSPS) is 11.5. The zero-order chi connectivity index (χ0) is 14.9. The van der Waals surface area contributed by atoms with Crippen molar-refractivity contribution in [2.75, 3.05) is 0 Å². The Bertz CT molecular complexity index is 768. The van der Waals surface area contributed by atoms with Crippen molar-refractivity contribution in [1.29, 1.82) is 0 Å². The van der Waals surface area contributed by atoms with E-state index in [1.165, 1.54) is 22.8 Å². The fourth-order valence-electron chi connectivity index (χ4n) is 1.76. The maximum Gasteiger partial charge on any atom is 0.273 e. The number of benzene rings is 1. The van der Waals surface area contributed by atoms with Gasteiger partial charge in [0.25, 0.3) is 20.9 Å². The molecular formula is C10H11N5O4S. The SMILES string of the molecule is CCn1c(-c2cccc([N+](=O)[O-])c2)nnc1S(N)(=O)=O. The van der Waals surface area contributed by atoms with E-state index in [2.05, 4.69) is 10.2 Å². The number of aromatic nitrogens is 3. The number of primary sulfonamides is 1. The smallest absolute Gasteiger partial charge is 0.273 e. The Morgan fingerprint density at radius 1 is 1.40 bits per heavy atom. The van der Waals surface area contributed by atoms with Gasteiger partial charge in [-0.3, -0.25) is 14.7 Å². The van der Waals surface area contributed by atoms with E-state index in [1.807, 2.05) is 0 Å². The molecule has 0 saturated carbocycles. The van der Waals surface area contributed by atoms with Gasteiger partial charge in [-0.05, 0) is 6.92 Å². The van der Waals surface area contributed by atoms with Crippen LogP contribution in [0, 0.1) is 10.1 Å². The van der Waals surface area contributed by atoms with Gasteiger partial charge < -0.3 is 0 Å². The van der Waals surface area contributed by atoms with E-state index in [9.17, 15) is 18.5 Å². The fraction of sp³-hybridized carbons (Fsp3) is 0.200. The van der Waals surface area contributed by atoms with Crippen LogP contribution in [0.2, 0.25) is 0 Å². The van der Waals surface area contributed by atoms with Crippen LogP contribution >= 0.6 is 0 Å². The lowest BCUT2D eigenvalue weighted by atomic mass is 10.2. The van der Waals surface area contributed by atoms with Crippen molar-refractivity contribution >= 4 is 15.7 Å². The summed E-state index contributed by atoms with van der Waals surface area (Å²) in [6, 6.07) is 5.69. The summed E-state index contributed by atoms with van der Waals surface area (Å²) >= 11 is 0. The summed E-state index contributed by atoms with van der Waals surface area (Å²) in [6.07, 6.45) is 0. The molecule has 0 radical (unpaired) electrons. The van der Waals surface area contributed by atoms with Crippen LogP contribution in [-0.2, 0) is 16.6 Å². The van der Waals surface area contributed by atoms with Gasteiger partial charge in [0.05, 0.1) is 4.92 Å². The van der Waals surface area contributed by atoms with Gasteiger partial charge in [0.2, 0.25) is 0 Å². The molecule has 2 N–H and O–H groups in total. The predicted molar refractivity (Wildman–Crippen MR) is 69.2 cm³/mol. The van der Waals surface area contributed by atoms with Crippen LogP contribution in [0.5, 0.6) is 0 Å². The summed E-state index contributed by atoms with van der Waals surface area (Å²) in [5.41, 5.74) is 0.272. The Hall–Kier alpha value is -2.33. The van der Waals surface area contributed by atoms with Crippen LogP contribution in [0.3, 0.4) is 0 Å². The van der Waals surface area contributed by atoms with Crippen molar-refractivity contribution in [3.05, 3.63) is 34.4 Å². The van der Waals surface area contributed by atoms with Gasteiger partial charge in [-0.15, -0.1) is 10.2 Å². The molecule has 1 aromatic heterocycles. The minimum atomic E-state index is -4.00. The lowest BCUT2D eigenvalue weighted by Gasteiger charge is -2.05. The van der Waals surface area contributed by atoms with Crippen LogP contribution < -0.4 is 5.14 Å². The highest BCUT2D eigenvalue weighted by Gasteiger charge is 2.21. The predicted octanol–water partition coefficient (Wildman–Crippen LogP) is 0.521. The van der Waals surface area contributed by atoms with E-state index in [4.69, 9.17) is 5.14 Å². The van der Waals surface area contributed by atoms with Crippen molar-refractivity contribution in [3.8, 4) is 11.4 Å². The van der Waals surface area contributed by atoms with Gasteiger partial charge in [0.15, 0.2) is 5.82 Å². The molecule has 0 saturated heterocycles. The van der Waals surface area contributed by atoms with E-state index >= 15 is 0 Å². The third kappa shape index (κ3) is 2.51. The molecule has 0 atom stereocenters. The number of hydrogen-bond acceptors (Lipinski definition) is 6. The van der Waals surface area contributed by atoms with Crippen molar-refractivity contribution in [3.63, 3.8) is 0 Å². The molecule has 106 valence electrons. The number of nitrogens with two attached hydrogens (primary N) is 1. The second-order valence-corrected chi connectivity index (χ2v) is 5.36. The highest BCUT2D eigenvalue weighted by atomic mass is 32.2. The Morgan fingerprint density at radius 3 is 2.65 bits per heavy atom. The number of hydrogen-bond donors (Lipinski definition) is 1. The third-order valence-electron chi connectivity index (χ3n) is 2.60. The molecule has 2 aromatic rings. The molecule has 9 nitrogen and oxygen atoms in total. The lowest BCUT2D eigenvalue weighted by Crippen LogP contribution is -2.18. The van der Waals surface area contributed by atoms with Crippen LogP contribution in [-0.4, -0.2) is 28.1 Å². The van der Waals surface area contributed by atoms with E-state index in [-0.39, 0.29) is 23.2 Å². The van der Waals surface area contributed by atoms with Gasteiger partial charge in [-0.2, -0.15) is 0 Å². The molecule has 0 amide bonds. The Morgan fingerprint density at radius 2 is 2.10 bits per heavy atom. The third-order valence-corrected chi connectivity index (χ3v) is 3.41. The molecule has 2 rings (SSSR count). The molecule has 0 fully saturated rings. The van der Waals surface area contributed by atoms with E-state index in [1.54, 1.807) is 13.0 Å². The molecule has 0 bridgehead atoms. The van der Waals surface area contributed by atoms with E-state index in [0.717, 1.165) is 0 Å². The molecule has 0 aliphatic heterocycles. The largest absolute Gasteiger partial charge is 0.297 e. The summed E-state index contributed by atoms with van der Waals surface area (Å²) < 4.78 is 24.0. The summed E-state index contributed by atoms with van der Waals surface area (Å²) in [5, 5.41) is 22.7. The van der Waals surface area contributed by atoms with Crippen LogP contribution in [0.25, 0.3) is 11.4 Å².